The van der Waals surface area contributed by atoms with Gasteiger partial charge in [-0.3, -0.25) is 37.8 Å². The fourth-order valence-electron chi connectivity index (χ4n) is 5.88. The molecule has 0 radical (unpaired) electrons. The number of ether oxygens (including phenoxy) is 2. The topological polar surface area (TPSA) is 147 Å². The Bertz CT molecular complexity index is 2660. The van der Waals surface area contributed by atoms with Crippen molar-refractivity contribution in [1.82, 2.24) is 23.6 Å². The second-order valence-electron chi connectivity index (χ2n) is 11.9. The van der Waals surface area contributed by atoms with Crippen molar-refractivity contribution in [1.29, 1.82) is 0 Å². The van der Waals surface area contributed by atoms with Crippen molar-refractivity contribution in [2.75, 3.05) is 19.0 Å². The van der Waals surface area contributed by atoms with Gasteiger partial charge in [0.25, 0.3) is 16.7 Å². The molecule has 0 atom stereocenters. The largest absolute Gasteiger partial charge is 0.493 e. The van der Waals surface area contributed by atoms with E-state index in [0.717, 1.165) is 20.2 Å². The Balaban J connectivity index is 1.15. The highest BCUT2D eigenvalue weighted by Gasteiger charge is 2.36. The minimum absolute atomic E-state index is 0.0294. The van der Waals surface area contributed by atoms with Crippen molar-refractivity contribution >= 4 is 85.7 Å². The van der Waals surface area contributed by atoms with E-state index in [-0.39, 0.29) is 40.1 Å². The molecule has 1 fully saturated rings. The summed E-state index contributed by atoms with van der Waals surface area (Å²) < 4.78 is 15.6. The van der Waals surface area contributed by atoms with Crippen LogP contribution in [-0.2, 0) is 30.2 Å². The highest BCUT2D eigenvalue weighted by molar-refractivity contribution is 8.18. The number of thioether (sulfide) groups is 1. The number of carbonyl (C=O) groups is 3. The Morgan fingerprint density at radius 1 is 0.925 bits per heavy atom. The van der Waals surface area contributed by atoms with E-state index < -0.39 is 34.8 Å². The average Bonchev–Trinajstić information content (AvgIpc) is 3.63. The number of imidazole rings is 1. The average molecular weight is 772 g/mol. The van der Waals surface area contributed by atoms with E-state index in [9.17, 15) is 24.0 Å². The molecule has 0 aliphatic carbocycles. The minimum Gasteiger partial charge on any atom is -0.493 e. The van der Waals surface area contributed by atoms with Crippen LogP contribution < -0.4 is 26.0 Å². The Labute approximate surface area is 314 Å². The van der Waals surface area contributed by atoms with Crippen LogP contribution in [-0.4, -0.2) is 54.3 Å². The van der Waals surface area contributed by atoms with Crippen molar-refractivity contribution in [3.05, 3.63) is 126 Å². The number of fused-ring (bicyclic) bond motifs is 2. The molecule has 1 saturated heterocycles. The van der Waals surface area contributed by atoms with Crippen molar-refractivity contribution < 1.29 is 23.9 Å². The van der Waals surface area contributed by atoms with Crippen LogP contribution in [0.3, 0.4) is 0 Å². The number of nitrogens with one attached hydrogen (secondary N) is 1. The number of nitrogens with zero attached hydrogens (tertiary/aromatic N) is 5. The van der Waals surface area contributed by atoms with Gasteiger partial charge in [-0.05, 0) is 64.7 Å². The molecule has 0 unspecified atom stereocenters. The second kappa shape index (κ2) is 14.3. The zero-order valence-electron chi connectivity index (χ0n) is 28.3. The molecule has 0 saturated carbocycles. The van der Waals surface area contributed by atoms with E-state index in [2.05, 4.69) is 10.3 Å². The highest BCUT2D eigenvalue weighted by Crippen LogP contribution is 2.37. The fourth-order valence-corrected chi connectivity index (χ4v) is 7.19. The number of hydrogen-bond acceptors (Lipinski definition) is 9. The van der Waals surface area contributed by atoms with Gasteiger partial charge in [-0.1, -0.05) is 71.7 Å². The Morgan fingerprint density at radius 2 is 1.70 bits per heavy atom. The number of imide groups is 1. The first-order valence-corrected chi connectivity index (χ1v) is 17.5. The van der Waals surface area contributed by atoms with E-state index >= 15 is 0 Å². The predicted molar refractivity (Wildman–Crippen MR) is 204 cm³/mol. The highest BCUT2D eigenvalue weighted by atomic mass is 35.5. The van der Waals surface area contributed by atoms with Crippen LogP contribution in [0.15, 0.2) is 93.4 Å². The van der Waals surface area contributed by atoms with Gasteiger partial charge in [0.05, 0.1) is 18.6 Å². The van der Waals surface area contributed by atoms with Crippen LogP contribution in [0, 0.1) is 0 Å². The molecule has 0 spiro atoms. The number of anilines is 1. The van der Waals surface area contributed by atoms with Crippen molar-refractivity contribution in [3.8, 4) is 17.5 Å². The summed E-state index contributed by atoms with van der Waals surface area (Å²) in [7, 11) is 4.29. The summed E-state index contributed by atoms with van der Waals surface area (Å²) in [6, 6.07) is 22.7. The summed E-state index contributed by atoms with van der Waals surface area (Å²) in [5.41, 5.74) is 0.720. The summed E-state index contributed by atoms with van der Waals surface area (Å²) in [5.74, 6) is -0.703. The van der Waals surface area contributed by atoms with Crippen molar-refractivity contribution in [2.45, 2.75) is 6.54 Å². The molecule has 1 N–H and O–H groups in total. The molecule has 0 bridgehead atoms. The molecule has 268 valence electrons. The first-order chi connectivity index (χ1) is 25.4. The summed E-state index contributed by atoms with van der Waals surface area (Å²) >= 11 is 13.3. The van der Waals surface area contributed by atoms with E-state index in [1.54, 1.807) is 42.5 Å². The lowest BCUT2D eigenvalue weighted by Crippen LogP contribution is -2.37. The van der Waals surface area contributed by atoms with Gasteiger partial charge in [0.1, 0.15) is 6.54 Å². The van der Waals surface area contributed by atoms with Gasteiger partial charge in [-0.2, -0.15) is 4.98 Å². The normalized spacial score (nSPS) is 13.8. The molecular weight excluding hydrogens is 743 g/mol. The zero-order chi connectivity index (χ0) is 37.6. The smallest absolute Gasteiger partial charge is 0.332 e. The number of amides is 3. The van der Waals surface area contributed by atoms with E-state index in [1.165, 1.54) is 36.4 Å². The maximum absolute atomic E-state index is 13.4. The van der Waals surface area contributed by atoms with Gasteiger partial charge < -0.3 is 14.8 Å². The second-order valence-corrected chi connectivity index (χ2v) is 13.8. The first kappa shape index (κ1) is 35.6. The summed E-state index contributed by atoms with van der Waals surface area (Å²) in [6.45, 7) is -0.413. The lowest BCUT2D eigenvalue weighted by atomic mass is 10.1. The molecule has 53 heavy (non-hydrogen) atoms. The van der Waals surface area contributed by atoms with Crippen LogP contribution in [0.2, 0.25) is 10.0 Å². The van der Waals surface area contributed by atoms with Crippen LogP contribution >= 0.6 is 35.0 Å². The van der Waals surface area contributed by atoms with Crippen molar-refractivity contribution in [3.63, 3.8) is 0 Å². The molecule has 3 amide bonds. The maximum atomic E-state index is 13.4. The molecule has 2 aromatic heterocycles. The number of carbonyl (C=O) groups excluding carboxylic acids is 3. The summed E-state index contributed by atoms with van der Waals surface area (Å²) in [5, 5.41) is 4.77. The number of methoxy groups -OCH3 is 1. The molecular formula is C37H28Cl2N6O7S. The lowest BCUT2D eigenvalue weighted by Gasteiger charge is -2.14. The third-order valence-electron chi connectivity index (χ3n) is 8.58. The summed E-state index contributed by atoms with van der Waals surface area (Å²) in [4.78, 5) is 70.8. The third kappa shape index (κ3) is 6.79. The summed E-state index contributed by atoms with van der Waals surface area (Å²) in [6.07, 6.45) is 1.51. The standard InChI is InChI=1S/C37H28Cl2N6O7S/c1-42-32-31(34(48)43(2)36(42)49)44(18-22-12-13-23(38)17-25(22)39)35(41-32)52-27-14-11-20(15-28(27)51-3)16-29-33(47)45(37(50)53-29)19-30(46)40-26-10-6-8-21-7-4-5-9-24(21)26/h4-17H,18-19H2,1-3H3,(H,40,46). The Hall–Kier alpha value is -5.83. The maximum Gasteiger partial charge on any atom is 0.332 e. The number of aryl methyl sites for hydroxylation is 1. The number of benzene rings is 4. The number of halogens is 2. The van der Waals surface area contributed by atoms with Gasteiger partial charge >= 0.3 is 11.7 Å². The molecule has 3 heterocycles. The van der Waals surface area contributed by atoms with Crippen LogP contribution in [0.5, 0.6) is 17.5 Å². The fraction of sp³-hybridized carbons (Fsp3) is 0.135. The molecule has 16 heteroatoms. The van der Waals surface area contributed by atoms with Gasteiger partial charge in [0.2, 0.25) is 5.91 Å². The predicted octanol–water partition coefficient (Wildman–Crippen LogP) is 6.42. The number of hydrogen-bond donors (Lipinski definition) is 1. The number of rotatable bonds is 9. The van der Waals surface area contributed by atoms with Gasteiger partial charge in [0.15, 0.2) is 22.7 Å². The van der Waals surface area contributed by atoms with Gasteiger partial charge in [-0.25, -0.2) is 4.79 Å². The molecule has 4 aromatic carbocycles. The van der Waals surface area contributed by atoms with E-state index in [0.29, 0.717) is 38.6 Å². The zero-order valence-corrected chi connectivity index (χ0v) is 30.6. The minimum atomic E-state index is -0.617. The molecule has 6 aromatic rings. The molecule has 13 nitrogen and oxygen atoms in total. The Morgan fingerprint density at radius 3 is 2.47 bits per heavy atom. The van der Waals surface area contributed by atoms with Crippen LogP contribution in [0.25, 0.3) is 28.0 Å². The molecule has 1 aliphatic rings. The first-order valence-electron chi connectivity index (χ1n) is 15.9. The quantitative estimate of drug-likeness (QED) is 0.165. The lowest BCUT2D eigenvalue weighted by molar-refractivity contribution is -0.127. The number of aromatic nitrogens is 4. The Kier molecular flexibility index (Phi) is 9.60. The van der Waals surface area contributed by atoms with Gasteiger partial charge in [0, 0.05) is 35.2 Å². The van der Waals surface area contributed by atoms with E-state index in [1.807, 2.05) is 36.4 Å². The van der Waals surface area contributed by atoms with Crippen LogP contribution in [0.1, 0.15) is 11.1 Å². The molecule has 7 rings (SSSR count). The van der Waals surface area contributed by atoms with Crippen LogP contribution in [0.4, 0.5) is 10.5 Å². The molecule has 1 aliphatic heterocycles. The van der Waals surface area contributed by atoms with Gasteiger partial charge in [-0.15, -0.1) is 0 Å². The van der Waals surface area contributed by atoms with E-state index in [4.69, 9.17) is 32.7 Å². The van der Waals surface area contributed by atoms with Crippen molar-refractivity contribution in [2.24, 2.45) is 14.1 Å². The third-order valence-corrected chi connectivity index (χ3v) is 10.1. The monoisotopic (exact) mass is 770 g/mol. The SMILES string of the molecule is COc1cc(C=C2SC(=O)N(CC(=O)Nc3cccc4ccccc34)C2=O)ccc1Oc1nc2c(c(=O)n(C)c(=O)n2C)n1Cc1ccc(Cl)cc1Cl.